The number of hydrogen-bond donors (Lipinski definition) is 0. The summed E-state index contributed by atoms with van der Waals surface area (Å²) in [5, 5.41) is 0. The monoisotopic (exact) mass is 332 g/mol. The first-order valence-corrected chi connectivity index (χ1v) is 9.21. The van der Waals surface area contributed by atoms with Crippen molar-refractivity contribution >= 4 is 0 Å². The van der Waals surface area contributed by atoms with Gasteiger partial charge in [0.15, 0.2) is 0 Å². The van der Waals surface area contributed by atoms with Crippen LogP contribution in [0.3, 0.4) is 0 Å². The third kappa shape index (κ3) is 5.01. The number of methoxy groups -OCH3 is 1. The van der Waals surface area contributed by atoms with Gasteiger partial charge in [0.25, 0.3) is 0 Å². The van der Waals surface area contributed by atoms with Crippen LogP contribution in [0.1, 0.15) is 58.4 Å². The first-order chi connectivity index (χ1) is 11.6. The molecule has 0 amide bonds. The molecule has 134 valence electrons. The highest BCUT2D eigenvalue weighted by atomic mass is 16.5. The second-order valence-corrected chi connectivity index (χ2v) is 6.68. The Bertz CT molecular complexity index is 536. The molecule has 1 aliphatic rings. The highest BCUT2D eigenvalue weighted by molar-refractivity contribution is 5.42. The summed E-state index contributed by atoms with van der Waals surface area (Å²) in [6, 6.07) is 6.14. The van der Waals surface area contributed by atoms with Gasteiger partial charge >= 0.3 is 0 Å². The summed E-state index contributed by atoms with van der Waals surface area (Å²) in [6.07, 6.45) is 8.71. The van der Waals surface area contributed by atoms with E-state index in [1.807, 2.05) is 19.2 Å². The van der Waals surface area contributed by atoms with Crippen LogP contribution in [0.4, 0.5) is 0 Å². The predicted molar refractivity (Wildman–Crippen MR) is 99.1 cm³/mol. The molecular formula is C21H32O3. The number of allylic oxidation sites excluding steroid dienone is 1. The fourth-order valence-corrected chi connectivity index (χ4v) is 3.30. The van der Waals surface area contributed by atoms with Gasteiger partial charge < -0.3 is 14.2 Å². The smallest absolute Gasteiger partial charge is 0.126 e. The standard InChI is InChI=1S/C21H32O3/c1-5-21(6-2,22-4)13-7-8-17(3)11-14-23-19-10-9-18-12-15-24-20(18)16-19/h9-11,16H,5-8,12-15H2,1-4H3. The Morgan fingerprint density at radius 2 is 2.08 bits per heavy atom. The second kappa shape index (κ2) is 9.12. The summed E-state index contributed by atoms with van der Waals surface area (Å²) in [4.78, 5) is 0. The first-order valence-electron chi connectivity index (χ1n) is 9.21. The van der Waals surface area contributed by atoms with Crippen molar-refractivity contribution in [3.8, 4) is 11.5 Å². The van der Waals surface area contributed by atoms with E-state index in [0.717, 1.165) is 56.6 Å². The van der Waals surface area contributed by atoms with Crippen LogP contribution in [-0.4, -0.2) is 25.9 Å². The van der Waals surface area contributed by atoms with Crippen LogP contribution in [0, 0.1) is 0 Å². The molecule has 2 rings (SSSR count). The second-order valence-electron chi connectivity index (χ2n) is 6.68. The van der Waals surface area contributed by atoms with Crippen molar-refractivity contribution in [2.75, 3.05) is 20.3 Å². The van der Waals surface area contributed by atoms with Gasteiger partial charge in [-0.3, -0.25) is 0 Å². The molecule has 1 aromatic carbocycles. The zero-order valence-electron chi connectivity index (χ0n) is 15.7. The molecule has 0 saturated heterocycles. The number of benzene rings is 1. The molecule has 3 heteroatoms. The Kier molecular flexibility index (Phi) is 7.16. The Balaban J connectivity index is 1.74. The molecule has 0 N–H and O–H groups in total. The Labute approximate surface area is 147 Å². The zero-order valence-corrected chi connectivity index (χ0v) is 15.7. The predicted octanol–water partition coefficient (Wildman–Crippen LogP) is 5.32. The summed E-state index contributed by atoms with van der Waals surface area (Å²) >= 11 is 0. The summed E-state index contributed by atoms with van der Waals surface area (Å²) in [5.41, 5.74) is 2.72. The Morgan fingerprint density at radius 3 is 2.79 bits per heavy atom. The van der Waals surface area contributed by atoms with E-state index in [4.69, 9.17) is 14.2 Å². The number of ether oxygens (including phenoxy) is 3. The molecule has 0 radical (unpaired) electrons. The third-order valence-corrected chi connectivity index (χ3v) is 5.27. The third-order valence-electron chi connectivity index (χ3n) is 5.27. The van der Waals surface area contributed by atoms with Gasteiger partial charge in [0.2, 0.25) is 0 Å². The molecule has 0 atom stereocenters. The Hall–Kier alpha value is -1.48. The van der Waals surface area contributed by atoms with Crippen LogP contribution < -0.4 is 9.47 Å². The van der Waals surface area contributed by atoms with Crippen LogP contribution in [0.15, 0.2) is 29.8 Å². The lowest BCUT2D eigenvalue weighted by Gasteiger charge is -2.30. The summed E-state index contributed by atoms with van der Waals surface area (Å²) in [5.74, 6) is 1.86. The van der Waals surface area contributed by atoms with Crippen molar-refractivity contribution in [2.24, 2.45) is 0 Å². The van der Waals surface area contributed by atoms with Gasteiger partial charge in [-0.25, -0.2) is 0 Å². The number of fused-ring (bicyclic) bond motifs is 1. The SMILES string of the molecule is CCC(CC)(CCCC(C)=CCOc1ccc2c(c1)OCC2)OC. The maximum absolute atomic E-state index is 5.83. The van der Waals surface area contributed by atoms with E-state index < -0.39 is 0 Å². The topological polar surface area (TPSA) is 27.7 Å². The van der Waals surface area contributed by atoms with E-state index in [0.29, 0.717) is 6.61 Å². The largest absolute Gasteiger partial charge is 0.493 e. The lowest BCUT2D eigenvalue weighted by molar-refractivity contribution is -0.0250. The fourth-order valence-electron chi connectivity index (χ4n) is 3.30. The van der Waals surface area contributed by atoms with Gasteiger partial charge in [-0.2, -0.15) is 0 Å². The lowest BCUT2D eigenvalue weighted by Crippen LogP contribution is -2.29. The maximum atomic E-state index is 5.83. The normalized spacial score (nSPS) is 14.4. The molecule has 0 bridgehead atoms. The minimum atomic E-state index is 0.0567. The lowest BCUT2D eigenvalue weighted by atomic mass is 9.90. The minimum Gasteiger partial charge on any atom is -0.493 e. The van der Waals surface area contributed by atoms with Gasteiger partial charge in [-0.05, 0) is 56.7 Å². The first kappa shape index (κ1) is 18.9. The highest BCUT2D eigenvalue weighted by Crippen LogP contribution is 2.29. The summed E-state index contributed by atoms with van der Waals surface area (Å²) in [6.45, 7) is 8.01. The molecule has 0 saturated carbocycles. The molecule has 0 unspecified atom stereocenters. The molecule has 1 aromatic rings. The Morgan fingerprint density at radius 1 is 1.29 bits per heavy atom. The molecule has 1 heterocycles. The highest BCUT2D eigenvalue weighted by Gasteiger charge is 2.24. The van der Waals surface area contributed by atoms with Crippen molar-refractivity contribution < 1.29 is 14.2 Å². The minimum absolute atomic E-state index is 0.0567. The van der Waals surface area contributed by atoms with Crippen molar-refractivity contribution in [1.82, 2.24) is 0 Å². The fraction of sp³-hybridized carbons (Fsp3) is 0.619. The van der Waals surface area contributed by atoms with E-state index in [2.05, 4.69) is 32.9 Å². The van der Waals surface area contributed by atoms with E-state index in [-0.39, 0.29) is 5.60 Å². The zero-order chi connectivity index (χ0) is 17.4. The molecule has 0 aromatic heterocycles. The molecular weight excluding hydrogens is 300 g/mol. The van der Waals surface area contributed by atoms with Crippen molar-refractivity contribution in [3.63, 3.8) is 0 Å². The summed E-state index contributed by atoms with van der Waals surface area (Å²) < 4.78 is 17.1. The van der Waals surface area contributed by atoms with Crippen molar-refractivity contribution in [3.05, 3.63) is 35.4 Å². The molecule has 3 nitrogen and oxygen atoms in total. The van der Waals surface area contributed by atoms with Gasteiger partial charge in [0, 0.05) is 19.6 Å². The molecule has 0 fully saturated rings. The van der Waals surface area contributed by atoms with E-state index in [1.165, 1.54) is 11.1 Å². The van der Waals surface area contributed by atoms with Crippen LogP contribution in [-0.2, 0) is 11.2 Å². The van der Waals surface area contributed by atoms with Gasteiger partial charge in [0.1, 0.15) is 18.1 Å². The van der Waals surface area contributed by atoms with Crippen LogP contribution in [0.5, 0.6) is 11.5 Å². The van der Waals surface area contributed by atoms with E-state index in [1.54, 1.807) is 0 Å². The van der Waals surface area contributed by atoms with Crippen LogP contribution >= 0.6 is 0 Å². The average Bonchev–Trinajstić information content (AvgIpc) is 3.07. The summed E-state index contributed by atoms with van der Waals surface area (Å²) in [7, 11) is 1.84. The average molecular weight is 332 g/mol. The van der Waals surface area contributed by atoms with Gasteiger partial charge in [-0.15, -0.1) is 0 Å². The quantitative estimate of drug-likeness (QED) is 0.543. The van der Waals surface area contributed by atoms with Crippen molar-refractivity contribution in [2.45, 2.75) is 64.9 Å². The van der Waals surface area contributed by atoms with E-state index in [9.17, 15) is 0 Å². The molecule has 0 aliphatic carbocycles. The van der Waals surface area contributed by atoms with Gasteiger partial charge in [-0.1, -0.05) is 25.5 Å². The number of hydrogen-bond acceptors (Lipinski definition) is 3. The number of rotatable bonds is 10. The van der Waals surface area contributed by atoms with Gasteiger partial charge in [0.05, 0.1) is 12.2 Å². The maximum Gasteiger partial charge on any atom is 0.126 e. The van der Waals surface area contributed by atoms with Crippen LogP contribution in [0.2, 0.25) is 0 Å². The van der Waals surface area contributed by atoms with E-state index >= 15 is 0 Å². The molecule has 24 heavy (non-hydrogen) atoms. The van der Waals surface area contributed by atoms with Crippen molar-refractivity contribution in [1.29, 1.82) is 0 Å². The van der Waals surface area contributed by atoms with Crippen LogP contribution in [0.25, 0.3) is 0 Å². The molecule has 0 spiro atoms. The molecule has 1 aliphatic heterocycles.